The fourth-order valence-electron chi connectivity index (χ4n) is 2.12. The molecule has 0 spiro atoms. The van der Waals surface area contributed by atoms with Gasteiger partial charge in [-0.3, -0.25) is 4.57 Å². The van der Waals surface area contributed by atoms with Crippen molar-refractivity contribution in [1.29, 1.82) is 0 Å². The molecule has 0 saturated heterocycles. The molecule has 0 aliphatic rings. The molecule has 3 aromatic rings. The number of benzene rings is 1. The van der Waals surface area contributed by atoms with E-state index in [1.165, 1.54) is 0 Å². The van der Waals surface area contributed by atoms with Gasteiger partial charge in [0.15, 0.2) is 5.65 Å². The fraction of sp³-hybridized carbons (Fsp3) is 0.143. The van der Waals surface area contributed by atoms with Crippen LogP contribution in [0.5, 0.6) is 0 Å². The highest BCUT2D eigenvalue weighted by molar-refractivity contribution is 6.30. The highest BCUT2D eigenvalue weighted by Gasteiger charge is 2.14. The summed E-state index contributed by atoms with van der Waals surface area (Å²) in [5.41, 5.74) is 3.68. The summed E-state index contributed by atoms with van der Waals surface area (Å²) in [4.78, 5) is 8.98. The topological polar surface area (TPSA) is 30.7 Å². The van der Waals surface area contributed by atoms with Crippen LogP contribution in [0.4, 0.5) is 0 Å². The Labute approximate surface area is 120 Å². The second-order valence-electron chi connectivity index (χ2n) is 4.28. The van der Waals surface area contributed by atoms with E-state index in [1.54, 1.807) is 6.20 Å². The first-order chi connectivity index (χ1) is 9.20. The highest BCUT2D eigenvalue weighted by Crippen LogP contribution is 2.24. The number of alkyl halides is 1. The molecule has 1 aromatic carbocycles. The third-order valence-electron chi connectivity index (χ3n) is 3.00. The summed E-state index contributed by atoms with van der Waals surface area (Å²) in [7, 11) is 0. The largest absolute Gasteiger partial charge is 0.280 e. The van der Waals surface area contributed by atoms with Crippen LogP contribution in [0.2, 0.25) is 5.02 Å². The normalized spacial score (nSPS) is 11.1. The molecule has 96 valence electrons. The molecule has 2 aromatic heterocycles. The molecule has 0 radical (unpaired) electrons. The first kappa shape index (κ1) is 12.5. The van der Waals surface area contributed by atoms with E-state index in [0.29, 0.717) is 10.9 Å². The van der Waals surface area contributed by atoms with E-state index in [4.69, 9.17) is 23.2 Å². The molecule has 3 nitrogen and oxygen atoms in total. The number of aromatic nitrogens is 3. The Kier molecular flexibility index (Phi) is 3.17. The molecule has 19 heavy (non-hydrogen) atoms. The third kappa shape index (κ3) is 2.09. The van der Waals surface area contributed by atoms with Gasteiger partial charge in [0.1, 0.15) is 11.3 Å². The molecule has 0 aliphatic carbocycles. The maximum Gasteiger partial charge on any atom is 0.164 e. The van der Waals surface area contributed by atoms with Crippen LogP contribution in [0.25, 0.3) is 16.9 Å². The summed E-state index contributed by atoms with van der Waals surface area (Å²) in [5.74, 6) is 1.09. The minimum Gasteiger partial charge on any atom is -0.280 e. The maximum atomic E-state index is 6.05. The zero-order valence-electron chi connectivity index (χ0n) is 10.3. The lowest BCUT2D eigenvalue weighted by Crippen LogP contribution is -2.00. The average Bonchev–Trinajstić information content (AvgIpc) is 2.78. The Morgan fingerprint density at radius 1 is 1.26 bits per heavy atom. The van der Waals surface area contributed by atoms with Crippen molar-refractivity contribution in [2.75, 3.05) is 0 Å². The van der Waals surface area contributed by atoms with Gasteiger partial charge in [0.2, 0.25) is 0 Å². The summed E-state index contributed by atoms with van der Waals surface area (Å²) >= 11 is 12.1. The summed E-state index contributed by atoms with van der Waals surface area (Å²) in [6, 6.07) is 9.52. The van der Waals surface area contributed by atoms with Gasteiger partial charge in [0.25, 0.3) is 0 Å². The van der Waals surface area contributed by atoms with Crippen molar-refractivity contribution < 1.29 is 0 Å². The number of aryl methyl sites for hydroxylation is 1. The molecule has 0 fully saturated rings. The van der Waals surface area contributed by atoms with Crippen molar-refractivity contribution in [2.45, 2.75) is 12.8 Å². The molecule has 0 aliphatic heterocycles. The predicted octanol–water partition coefficient (Wildman–Crippen LogP) is 4.12. The van der Waals surface area contributed by atoms with Crippen molar-refractivity contribution in [3.8, 4) is 5.69 Å². The Morgan fingerprint density at radius 3 is 2.84 bits per heavy atom. The molecule has 0 bridgehead atoms. The molecule has 0 amide bonds. The van der Waals surface area contributed by atoms with Crippen LogP contribution < -0.4 is 0 Å². The lowest BCUT2D eigenvalue weighted by atomic mass is 10.2. The maximum absolute atomic E-state index is 6.05. The van der Waals surface area contributed by atoms with E-state index in [-0.39, 0.29) is 0 Å². The van der Waals surface area contributed by atoms with Gasteiger partial charge in [-0.05, 0) is 36.8 Å². The van der Waals surface area contributed by atoms with E-state index < -0.39 is 0 Å². The minimum atomic E-state index is 0.322. The fourth-order valence-corrected chi connectivity index (χ4v) is 2.48. The zero-order valence-corrected chi connectivity index (χ0v) is 11.8. The quantitative estimate of drug-likeness (QED) is 0.665. The molecule has 5 heteroatoms. The number of rotatable bonds is 2. The van der Waals surface area contributed by atoms with E-state index in [9.17, 15) is 0 Å². The second-order valence-corrected chi connectivity index (χ2v) is 4.98. The van der Waals surface area contributed by atoms with Crippen LogP contribution in [0.1, 0.15) is 11.4 Å². The molecule has 0 unspecified atom stereocenters. The SMILES string of the molecule is Cc1ccnc2c1nc(CCl)n2-c1cccc(Cl)c1. The molecule has 0 atom stereocenters. The number of pyridine rings is 1. The van der Waals surface area contributed by atoms with Crippen LogP contribution >= 0.6 is 23.2 Å². The van der Waals surface area contributed by atoms with E-state index in [2.05, 4.69) is 9.97 Å². The van der Waals surface area contributed by atoms with Gasteiger partial charge >= 0.3 is 0 Å². The van der Waals surface area contributed by atoms with Gasteiger partial charge in [-0.25, -0.2) is 9.97 Å². The summed E-state index contributed by atoms with van der Waals surface area (Å²) < 4.78 is 1.95. The minimum absolute atomic E-state index is 0.322. The second kappa shape index (κ2) is 4.83. The van der Waals surface area contributed by atoms with Crippen LogP contribution in [-0.2, 0) is 5.88 Å². The Balaban J connectivity index is 2.36. The average molecular weight is 292 g/mol. The predicted molar refractivity (Wildman–Crippen MR) is 78.2 cm³/mol. The van der Waals surface area contributed by atoms with Crippen LogP contribution in [0.15, 0.2) is 36.5 Å². The lowest BCUT2D eigenvalue weighted by Gasteiger charge is -2.07. The van der Waals surface area contributed by atoms with Crippen molar-refractivity contribution in [2.24, 2.45) is 0 Å². The summed E-state index contributed by atoms with van der Waals surface area (Å²) in [5, 5.41) is 0.674. The lowest BCUT2D eigenvalue weighted by molar-refractivity contribution is 0.970. The van der Waals surface area contributed by atoms with Gasteiger partial charge in [-0.2, -0.15) is 0 Å². The summed E-state index contributed by atoms with van der Waals surface area (Å²) in [6.07, 6.45) is 1.78. The van der Waals surface area contributed by atoms with Gasteiger partial charge in [-0.1, -0.05) is 17.7 Å². The number of imidazole rings is 1. The third-order valence-corrected chi connectivity index (χ3v) is 3.48. The molecule has 2 heterocycles. The standard InChI is InChI=1S/C14H11Cl2N3/c1-9-5-6-17-14-13(9)18-12(8-15)19(14)11-4-2-3-10(16)7-11/h2-7H,8H2,1H3. The molecular weight excluding hydrogens is 281 g/mol. The zero-order chi connectivity index (χ0) is 13.4. The number of fused-ring (bicyclic) bond motifs is 1. The molecule has 0 saturated carbocycles. The van der Waals surface area contributed by atoms with Gasteiger partial charge in [0, 0.05) is 11.2 Å². The smallest absolute Gasteiger partial charge is 0.164 e. The molecular formula is C14H11Cl2N3. The van der Waals surface area contributed by atoms with Crippen LogP contribution in [-0.4, -0.2) is 14.5 Å². The Hall–Kier alpha value is -1.58. The van der Waals surface area contributed by atoms with Crippen molar-refractivity contribution in [1.82, 2.24) is 14.5 Å². The first-order valence-electron chi connectivity index (χ1n) is 5.85. The monoisotopic (exact) mass is 291 g/mol. The van der Waals surface area contributed by atoms with Gasteiger partial charge in [-0.15, -0.1) is 11.6 Å². The van der Waals surface area contributed by atoms with E-state index in [1.807, 2.05) is 41.8 Å². The molecule has 0 N–H and O–H groups in total. The van der Waals surface area contributed by atoms with E-state index in [0.717, 1.165) is 28.2 Å². The van der Waals surface area contributed by atoms with Crippen molar-refractivity contribution in [3.63, 3.8) is 0 Å². The van der Waals surface area contributed by atoms with Crippen LogP contribution in [0.3, 0.4) is 0 Å². The number of hydrogen-bond acceptors (Lipinski definition) is 2. The van der Waals surface area contributed by atoms with Gasteiger partial charge < -0.3 is 0 Å². The number of nitrogens with zero attached hydrogens (tertiary/aromatic N) is 3. The van der Waals surface area contributed by atoms with E-state index >= 15 is 0 Å². The number of hydrogen-bond donors (Lipinski definition) is 0. The van der Waals surface area contributed by atoms with Crippen molar-refractivity contribution >= 4 is 34.4 Å². The number of halogens is 2. The van der Waals surface area contributed by atoms with Gasteiger partial charge in [0.05, 0.1) is 11.6 Å². The Morgan fingerprint density at radius 2 is 2.11 bits per heavy atom. The highest BCUT2D eigenvalue weighted by atomic mass is 35.5. The van der Waals surface area contributed by atoms with Crippen molar-refractivity contribution in [3.05, 3.63) is 52.9 Å². The van der Waals surface area contributed by atoms with Crippen LogP contribution in [0, 0.1) is 6.92 Å². The summed E-state index contributed by atoms with van der Waals surface area (Å²) in [6.45, 7) is 2.01. The Bertz CT molecular complexity index is 750. The first-order valence-corrected chi connectivity index (χ1v) is 6.77. The molecule has 3 rings (SSSR count).